The summed E-state index contributed by atoms with van der Waals surface area (Å²) in [5, 5.41) is 13.4. The Balaban J connectivity index is 4.04. The summed E-state index contributed by atoms with van der Waals surface area (Å²) in [7, 11) is 1.65. The molecule has 0 aliphatic heterocycles. The number of carbonyl (C=O) groups is 2. The van der Waals surface area contributed by atoms with Gasteiger partial charge < -0.3 is 15.7 Å². The number of hydrogen-bond donors (Lipinski definition) is 3. The SMILES string of the molecule is CNCCC(=O)NCCC(CC(=O)O)C(F)(F)F. The summed E-state index contributed by atoms with van der Waals surface area (Å²) < 4.78 is 37.3. The smallest absolute Gasteiger partial charge is 0.392 e. The summed E-state index contributed by atoms with van der Waals surface area (Å²) in [6, 6.07) is 0. The predicted octanol–water partition coefficient (Wildman–Crippen LogP) is 0.755. The summed E-state index contributed by atoms with van der Waals surface area (Å²) in [5.41, 5.74) is 0. The molecule has 3 N–H and O–H groups in total. The molecular weight excluding hydrogens is 253 g/mol. The molecule has 0 aliphatic rings. The number of carbonyl (C=O) groups excluding carboxylic acids is 1. The molecule has 0 radical (unpaired) electrons. The zero-order chi connectivity index (χ0) is 14.2. The van der Waals surface area contributed by atoms with Gasteiger partial charge in [0.2, 0.25) is 5.91 Å². The van der Waals surface area contributed by atoms with Crippen molar-refractivity contribution in [3.8, 4) is 0 Å². The molecule has 18 heavy (non-hydrogen) atoms. The lowest BCUT2D eigenvalue weighted by molar-refractivity contribution is -0.184. The fraction of sp³-hybridized carbons (Fsp3) is 0.800. The van der Waals surface area contributed by atoms with Gasteiger partial charge >= 0.3 is 12.1 Å². The molecule has 1 amide bonds. The Labute approximate surface area is 103 Å². The number of hydrogen-bond acceptors (Lipinski definition) is 3. The fourth-order valence-corrected chi connectivity index (χ4v) is 1.30. The molecule has 5 nitrogen and oxygen atoms in total. The van der Waals surface area contributed by atoms with Crippen molar-refractivity contribution in [1.29, 1.82) is 0 Å². The first-order valence-corrected chi connectivity index (χ1v) is 5.47. The minimum absolute atomic E-state index is 0.173. The van der Waals surface area contributed by atoms with E-state index in [1.807, 2.05) is 0 Å². The van der Waals surface area contributed by atoms with Crippen LogP contribution < -0.4 is 10.6 Å². The van der Waals surface area contributed by atoms with E-state index in [1.165, 1.54) is 0 Å². The van der Waals surface area contributed by atoms with Crippen LogP contribution in [0.4, 0.5) is 13.2 Å². The molecule has 106 valence electrons. The van der Waals surface area contributed by atoms with E-state index in [0.29, 0.717) is 6.54 Å². The Morgan fingerprint density at radius 3 is 2.33 bits per heavy atom. The molecule has 0 spiro atoms. The monoisotopic (exact) mass is 270 g/mol. The average molecular weight is 270 g/mol. The Bertz CT molecular complexity index is 282. The maximum Gasteiger partial charge on any atom is 0.392 e. The molecule has 1 atom stereocenters. The maximum absolute atomic E-state index is 12.4. The molecule has 8 heteroatoms. The molecule has 0 heterocycles. The molecule has 0 aliphatic carbocycles. The molecular formula is C10H17F3N2O3. The average Bonchev–Trinajstić information content (AvgIpc) is 2.23. The van der Waals surface area contributed by atoms with Crippen molar-refractivity contribution < 1.29 is 27.9 Å². The van der Waals surface area contributed by atoms with Crippen LogP contribution in [0.15, 0.2) is 0 Å². The predicted molar refractivity (Wildman–Crippen MR) is 58.0 cm³/mol. The number of aliphatic carboxylic acids is 1. The van der Waals surface area contributed by atoms with E-state index in [9.17, 15) is 22.8 Å². The summed E-state index contributed by atoms with van der Waals surface area (Å²) in [6.45, 7) is 0.254. The van der Waals surface area contributed by atoms with Crippen LogP contribution in [-0.4, -0.2) is 43.3 Å². The second kappa shape index (κ2) is 7.91. The number of nitrogens with one attached hydrogen (secondary N) is 2. The summed E-state index contributed by atoms with van der Waals surface area (Å²) in [6.07, 6.45) is -5.79. The molecule has 0 aromatic carbocycles. The van der Waals surface area contributed by atoms with Crippen molar-refractivity contribution in [2.45, 2.75) is 25.4 Å². The first-order chi connectivity index (χ1) is 8.27. The number of halogens is 3. The molecule has 0 aromatic heterocycles. The summed E-state index contributed by atoms with van der Waals surface area (Å²) >= 11 is 0. The molecule has 0 aromatic rings. The number of carboxylic acid groups (broad SMARTS) is 1. The Hall–Kier alpha value is -1.31. The van der Waals surface area contributed by atoms with Crippen LogP contribution in [-0.2, 0) is 9.59 Å². The lowest BCUT2D eigenvalue weighted by Crippen LogP contribution is -2.32. The van der Waals surface area contributed by atoms with Crippen LogP contribution in [0, 0.1) is 5.92 Å². The van der Waals surface area contributed by atoms with Gasteiger partial charge in [0.15, 0.2) is 0 Å². The molecule has 1 unspecified atom stereocenters. The van der Waals surface area contributed by atoms with Crippen molar-refractivity contribution >= 4 is 11.9 Å². The van der Waals surface area contributed by atoms with E-state index >= 15 is 0 Å². The highest BCUT2D eigenvalue weighted by atomic mass is 19.4. The van der Waals surface area contributed by atoms with Gasteiger partial charge in [0, 0.05) is 19.5 Å². The van der Waals surface area contributed by atoms with Crippen LogP contribution in [0.5, 0.6) is 0 Å². The number of rotatable bonds is 8. The van der Waals surface area contributed by atoms with E-state index in [2.05, 4.69) is 10.6 Å². The molecule has 0 saturated carbocycles. The van der Waals surface area contributed by atoms with Crippen LogP contribution >= 0.6 is 0 Å². The number of amides is 1. The first kappa shape index (κ1) is 16.7. The number of alkyl halides is 3. The zero-order valence-electron chi connectivity index (χ0n) is 10.0. The van der Waals surface area contributed by atoms with Crippen LogP contribution in [0.3, 0.4) is 0 Å². The van der Waals surface area contributed by atoms with E-state index in [1.54, 1.807) is 7.05 Å². The quantitative estimate of drug-likeness (QED) is 0.608. The van der Waals surface area contributed by atoms with Gasteiger partial charge in [0.1, 0.15) is 0 Å². The van der Waals surface area contributed by atoms with Gasteiger partial charge in [0.05, 0.1) is 12.3 Å². The van der Waals surface area contributed by atoms with Gasteiger partial charge in [-0.1, -0.05) is 0 Å². The second-order valence-corrected chi connectivity index (χ2v) is 3.83. The van der Waals surface area contributed by atoms with Crippen molar-refractivity contribution in [1.82, 2.24) is 10.6 Å². The highest BCUT2D eigenvalue weighted by Gasteiger charge is 2.40. The van der Waals surface area contributed by atoms with Gasteiger partial charge in [-0.3, -0.25) is 9.59 Å². The molecule has 0 fully saturated rings. The maximum atomic E-state index is 12.4. The zero-order valence-corrected chi connectivity index (χ0v) is 10.0. The Morgan fingerprint density at radius 2 is 1.89 bits per heavy atom. The minimum Gasteiger partial charge on any atom is -0.481 e. The third-order valence-corrected chi connectivity index (χ3v) is 2.30. The van der Waals surface area contributed by atoms with Crippen molar-refractivity contribution in [2.24, 2.45) is 5.92 Å². The Morgan fingerprint density at radius 1 is 1.28 bits per heavy atom. The van der Waals surface area contributed by atoms with Crippen molar-refractivity contribution in [2.75, 3.05) is 20.1 Å². The minimum atomic E-state index is -4.56. The van der Waals surface area contributed by atoms with E-state index in [0.717, 1.165) is 0 Å². The molecule has 0 bridgehead atoms. The van der Waals surface area contributed by atoms with Gasteiger partial charge in [-0.05, 0) is 13.5 Å². The fourth-order valence-electron chi connectivity index (χ4n) is 1.30. The third kappa shape index (κ3) is 7.88. The number of carboxylic acids is 1. The summed E-state index contributed by atoms with van der Waals surface area (Å²) in [4.78, 5) is 21.4. The lowest BCUT2D eigenvalue weighted by Gasteiger charge is -2.18. The molecule has 0 rings (SSSR count). The largest absolute Gasteiger partial charge is 0.481 e. The van der Waals surface area contributed by atoms with E-state index < -0.39 is 30.9 Å². The molecule has 0 saturated heterocycles. The van der Waals surface area contributed by atoms with E-state index in [-0.39, 0.29) is 18.9 Å². The van der Waals surface area contributed by atoms with Gasteiger partial charge in [0.25, 0.3) is 0 Å². The standard InChI is InChI=1S/C10H17F3N2O3/c1-14-4-3-8(16)15-5-2-7(6-9(17)18)10(11,12)13/h7,14H,2-6H2,1H3,(H,15,16)(H,17,18). The normalized spacial score (nSPS) is 13.1. The van der Waals surface area contributed by atoms with Crippen molar-refractivity contribution in [3.05, 3.63) is 0 Å². The second-order valence-electron chi connectivity index (χ2n) is 3.83. The highest BCUT2D eigenvalue weighted by molar-refractivity contribution is 5.76. The highest BCUT2D eigenvalue weighted by Crippen LogP contribution is 2.31. The van der Waals surface area contributed by atoms with Crippen molar-refractivity contribution in [3.63, 3.8) is 0 Å². The van der Waals surface area contributed by atoms with Gasteiger partial charge in [-0.15, -0.1) is 0 Å². The third-order valence-electron chi connectivity index (χ3n) is 2.30. The van der Waals surface area contributed by atoms with Gasteiger partial charge in [-0.25, -0.2) is 0 Å². The lowest BCUT2D eigenvalue weighted by atomic mass is 10.0. The van der Waals surface area contributed by atoms with Crippen LogP contribution in [0.1, 0.15) is 19.3 Å². The topological polar surface area (TPSA) is 78.4 Å². The van der Waals surface area contributed by atoms with E-state index in [4.69, 9.17) is 5.11 Å². The van der Waals surface area contributed by atoms with Gasteiger partial charge in [-0.2, -0.15) is 13.2 Å². The first-order valence-electron chi connectivity index (χ1n) is 5.47. The van der Waals surface area contributed by atoms with Crippen LogP contribution in [0.2, 0.25) is 0 Å². The Kier molecular flexibility index (Phi) is 7.33. The van der Waals surface area contributed by atoms with Crippen LogP contribution in [0.25, 0.3) is 0 Å². The summed E-state index contributed by atoms with van der Waals surface area (Å²) in [5.74, 6) is -3.79.